The van der Waals surface area contributed by atoms with Gasteiger partial charge in [0.2, 0.25) is 0 Å². The van der Waals surface area contributed by atoms with Crippen LogP contribution in [0.5, 0.6) is 0 Å². The van der Waals surface area contributed by atoms with Gasteiger partial charge in [0.1, 0.15) is 0 Å². The molecule has 0 fully saturated rings. The highest BCUT2D eigenvalue weighted by molar-refractivity contribution is 9.10. The molecule has 112 valence electrons. The summed E-state index contributed by atoms with van der Waals surface area (Å²) in [5, 5.41) is 12.8. The molecule has 0 aliphatic heterocycles. The molecule has 0 spiro atoms. The van der Waals surface area contributed by atoms with Gasteiger partial charge in [0.25, 0.3) is 0 Å². The van der Waals surface area contributed by atoms with Crippen LogP contribution < -0.4 is 5.32 Å². The number of alkyl halides is 3. The topological polar surface area (TPSA) is 49.3 Å². The molecule has 2 aromatic rings. The summed E-state index contributed by atoms with van der Waals surface area (Å²) in [5.74, 6) is -4.34. The van der Waals surface area contributed by atoms with Gasteiger partial charge in [-0.3, -0.25) is 4.79 Å². The highest BCUT2D eigenvalue weighted by Gasteiger charge is 2.44. The van der Waals surface area contributed by atoms with Gasteiger partial charge < -0.3 is 10.4 Å². The van der Waals surface area contributed by atoms with Crippen LogP contribution in [0.15, 0.2) is 40.9 Å². The number of halogens is 4. The second kappa shape index (κ2) is 5.93. The largest absolute Gasteiger partial charge is 0.481 e. The van der Waals surface area contributed by atoms with Gasteiger partial charge in [0.15, 0.2) is 5.92 Å². The molecule has 2 rings (SSSR count). The van der Waals surface area contributed by atoms with Gasteiger partial charge >= 0.3 is 12.1 Å². The van der Waals surface area contributed by atoms with Crippen molar-refractivity contribution in [3.8, 4) is 0 Å². The first-order valence-electron chi connectivity index (χ1n) is 6.01. The number of hydrogen-bond donors (Lipinski definition) is 2. The van der Waals surface area contributed by atoms with Crippen molar-refractivity contribution in [3.05, 3.63) is 40.9 Å². The van der Waals surface area contributed by atoms with Gasteiger partial charge in [-0.2, -0.15) is 13.2 Å². The van der Waals surface area contributed by atoms with Crippen molar-refractivity contribution in [1.82, 2.24) is 0 Å². The lowest BCUT2D eigenvalue weighted by Crippen LogP contribution is -2.36. The Morgan fingerprint density at radius 1 is 1.19 bits per heavy atom. The average molecular weight is 362 g/mol. The first-order valence-corrected chi connectivity index (χ1v) is 6.80. The van der Waals surface area contributed by atoms with Crippen LogP contribution in [0, 0.1) is 5.92 Å². The molecule has 7 heteroatoms. The molecule has 0 aliphatic carbocycles. The summed E-state index contributed by atoms with van der Waals surface area (Å²) in [6, 6.07) is 10.5. The Hall–Kier alpha value is -1.76. The van der Waals surface area contributed by atoms with Crippen LogP contribution in [-0.2, 0) is 4.79 Å². The summed E-state index contributed by atoms with van der Waals surface area (Å²) >= 11 is 3.36. The maximum absolute atomic E-state index is 12.6. The second-order valence-electron chi connectivity index (χ2n) is 4.45. The van der Waals surface area contributed by atoms with Gasteiger partial charge in [-0.15, -0.1) is 0 Å². The van der Waals surface area contributed by atoms with Crippen LogP contribution >= 0.6 is 15.9 Å². The molecule has 0 heterocycles. The molecule has 21 heavy (non-hydrogen) atoms. The van der Waals surface area contributed by atoms with Crippen LogP contribution in [0.4, 0.5) is 18.9 Å². The third-order valence-corrected chi connectivity index (χ3v) is 3.75. The van der Waals surface area contributed by atoms with Gasteiger partial charge in [-0.25, -0.2) is 0 Å². The number of carboxylic acids is 1. The van der Waals surface area contributed by atoms with E-state index in [0.29, 0.717) is 5.69 Å². The smallest absolute Gasteiger partial charge is 0.403 e. The predicted octanol–water partition coefficient (Wildman–Crippen LogP) is 4.28. The fourth-order valence-corrected chi connectivity index (χ4v) is 2.45. The standard InChI is InChI=1S/C14H11BrF3NO2/c15-11-5-6-12(9-4-2-1-3-8(9)11)19-7-10(13(20)21)14(16,17)18/h1-6,10,19H,7H2,(H,20,21). The number of nitrogens with one attached hydrogen (secondary N) is 1. The van der Waals surface area contributed by atoms with Crippen LogP contribution in [0.2, 0.25) is 0 Å². The van der Waals surface area contributed by atoms with E-state index in [1.54, 1.807) is 24.3 Å². The molecule has 1 unspecified atom stereocenters. The highest BCUT2D eigenvalue weighted by Crippen LogP contribution is 2.31. The summed E-state index contributed by atoms with van der Waals surface area (Å²) in [5.41, 5.74) is 0.462. The predicted molar refractivity (Wildman–Crippen MR) is 77.3 cm³/mol. The maximum Gasteiger partial charge on any atom is 0.403 e. The number of fused-ring (bicyclic) bond motifs is 1. The molecule has 0 bridgehead atoms. The summed E-state index contributed by atoms with van der Waals surface area (Å²) in [4.78, 5) is 10.7. The Balaban J connectivity index is 2.28. The molecule has 2 aromatic carbocycles. The molecule has 0 saturated heterocycles. The van der Waals surface area contributed by atoms with E-state index >= 15 is 0 Å². The quantitative estimate of drug-likeness (QED) is 0.854. The minimum Gasteiger partial charge on any atom is -0.481 e. The first kappa shape index (κ1) is 15.6. The van der Waals surface area contributed by atoms with E-state index in [4.69, 9.17) is 5.11 Å². The van der Waals surface area contributed by atoms with Crippen molar-refractivity contribution in [2.45, 2.75) is 6.18 Å². The molecule has 2 N–H and O–H groups in total. The van der Waals surface area contributed by atoms with Gasteiger partial charge in [-0.1, -0.05) is 40.2 Å². The number of carboxylic acid groups (broad SMARTS) is 1. The molecular formula is C14H11BrF3NO2. The van der Waals surface area contributed by atoms with E-state index in [9.17, 15) is 18.0 Å². The zero-order valence-electron chi connectivity index (χ0n) is 10.6. The van der Waals surface area contributed by atoms with Gasteiger partial charge in [-0.05, 0) is 17.5 Å². The molecular weight excluding hydrogens is 351 g/mol. The van der Waals surface area contributed by atoms with Crippen LogP contribution in [0.3, 0.4) is 0 Å². The van der Waals surface area contributed by atoms with Crippen molar-refractivity contribution in [2.75, 3.05) is 11.9 Å². The van der Waals surface area contributed by atoms with Crippen LogP contribution in [0.25, 0.3) is 10.8 Å². The van der Waals surface area contributed by atoms with E-state index in [1.807, 2.05) is 12.1 Å². The monoisotopic (exact) mass is 361 g/mol. The number of hydrogen-bond acceptors (Lipinski definition) is 2. The average Bonchev–Trinajstić information content (AvgIpc) is 2.40. The van der Waals surface area contributed by atoms with Crippen molar-refractivity contribution in [3.63, 3.8) is 0 Å². The summed E-state index contributed by atoms with van der Waals surface area (Å²) < 4.78 is 38.7. The third-order valence-electron chi connectivity index (χ3n) is 3.06. The highest BCUT2D eigenvalue weighted by atomic mass is 79.9. The molecule has 3 nitrogen and oxygen atoms in total. The lowest BCUT2D eigenvalue weighted by Gasteiger charge is -2.18. The molecule has 1 atom stereocenters. The lowest BCUT2D eigenvalue weighted by molar-refractivity contribution is -0.190. The van der Waals surface area contributed by atoms with Crippen molar-refractivity contribution in [2.24, 2.45) is 5.92 Å². The van der Waals surface area contributed by atoms with E-state index in [-0.39, 0.29) is 0 Å². The Labute approximate surface area is 126 Å². The van der Waals surface area contributed by atoms with Crippen LogP contribution in [0.1, 0.15) is 0 Å². The summed E-state index contributed by atoms with van der Waals surface area (Å²) in [6.07, 6.45) is -4.79. The fraction of sp³-hybridized carbons (Fsp3) is 0.214. The number of rotatable bonds is 4. The zero-order chi connectivity index (χ0) is 15.6. The normalized spacial score (nSPS) is 13.1. The molecule has 0 saturated carbocycles. The number of carbonyl (C=O) groups is 1. The van der Waals surface area contributed by atoms with Gasteiger partial charge in [0, 0.05) is 22.1 Å². The second-order valence-corrected chi connectivity index (χ2v) is 5.31. The summed E-state index contributed by atoms with van der Waals surface area (Å²) in [6.45, 7) is -0.718. The number of benzene rings is 2. The first-order chi connectivity index (χ1) is 9.80. The Morgan fingerprint density at radius 2 is 1.81 bits per heavy atom. The molecule has 0 radical (unpaired) electrons. The maximum atomic E-state index is 12.6. The number of aliphatic carboxylic acids is 1. The van der Waals surface area contributed by atoms with E-state index in [1.165, 1.54) is 0 Å². The SMILES string of the molecule is O=C(O)C(CNc1ccc(Br)c2ccccc12)C(F)(F)F. The minimum atomic E-state index is -4.79. The third kappa shape index (κ3) is 3.47. The van der Waals surface area contributed by atoms with Crippen molar-refractivity contribution < 1.29 is 23.1 Å². The van der Waals surface area contributed by atoms with Crippen molar-refractivity contribution in [1.29, 1.82) is 0 Å². The Morgan fingerprint density at radius 3 is 2.38 bits per heavy atom. The molecule has 0 aromatic heterocycles. The fourth-order valence-electron chi connectivity index (χ4n) is 1.97. The number of anilines is 1. The zero-order valence-corrected chi connectivity index (χ0v) is 12.2. The van der Waals surface area contributed by atoms with E-state index < -0.39 is 24.6 Å². The van der Waals surface area contributed by atoms with E-state index in [0.717, 1.165) is 15.2 Å². The Bertz CT molecular complexity index is 673. The molecule has 0 aliphatic rings. The minimum absolute atomic E-state index is 0.462. The summed E-state index contributed by atoms with van der Waals surface area (Å²) in [7, 11) is 0. The van der Waals surface area contributed by atoms with Crippen LogP contribution in [-0.4, -0.2) is 23.8 Å². The van der Waals surface area contributed by atoms with Crippen molar-refractivity contribution >= 4 is 38.4 Å². The van der Waals surface area contributed by atoms with E-state index in [2.05, 4.69) is 21.2 Å². The Kier molecular flexibility index (Phi) is 4.41. The lowest BCUT2D eigenvalue weighted by atomic mass is 10.1. The molecule has 0 amide bonds. The van der Waals surface area contributed by atoms with Gasteiger partial charge in [0.05, 0.1) is 0 Å².